The second-order valence-corrected chi connectivity index (χ2v) is 6.66. The molecule has 0 unspecified atom stereocenters. The Morgan fingerprint density at radius 3 is 2.77 bits per heavy atom. The molecule has 134 valence electrons. The van der Waals surface area contributed by atoms with E-state index in [2.05, 4.69) is 20.7 Å². The second-order valence-electron chi connectivity index (χ2n) is 6.66. The van der Waals surface area contributed by atoms with E-state index in [9.17, 15) is 9.18 Å². The van der Waals surface area contributed by atoms with Crippen molar-refractivity contribution in [2.24, 2.45) is 13.0 Å². The number of anilines is 1. The number of carbonyl (C=O) groups excluding carboxylic acids is 1. The number of benzene rings is 1. The number of nitrogens with zero attached hydrogens (tertiary/aromatic N) is 3. The number of carbonyl (C=O) groups is 1. The summed E-state index contributed by atoms with van der Waals surface area (Å²) in [4.78, 5) is 16.7. The molecule has 7 heteroatoms. The number of hydrogen-bond donors (Lipinski definition) is 2. The van der Waals surface area contributed by atoms with Gasteiger partial charge in [-0.1, -0.05) is 0 Å². The molecule has 0 atom stereocenters. The van der Waals surface area contributed by atoms with Gasteiger partial charge in [0.25, 0.3) is 0 Å². The van der Waals surface area contributed by atoms with E-state index in [0.717, 1.165) is 31.3 Å². The van der Waals surface area contributed by atoms with E-state index < -0.39 is 0 Å². The van der Waals surface area contributed by atoms with Crippen LogP contribution in [0.4, 0.5) is 10.2 Å². The van der Waals surface area contributed by atoms with Crippen LogP contribution >= 0.6 is 0 Å². The molecule has 26 heavy (non-hydrogen) atoms. The maximum atomic E-state index is 14.4. The molecule has 1 fully saturated rings. The summed E-state index contributed by atoms with van der Waals surface area (Å²) in [5, 5.41) is 11.8. The summed E-state index contributed by atoms with van der Waals surface area (Å²) >= 11 is 0. The maximum Gasteiger partial charge on any atom is 0.228 e. The third-order valence-electron chi connectivity index (χ3n) is 4.78. The van der Waals surface area contributed by atoms with Crippen molar-refractivity contribution >= 4 is 22.5 Å². The van der Waals surface area contributed by atoms with Gasteiger partial charge in [0, 0.05) is 41.9 Å². The normalized spacial score (nSPS) is 15.3. The molecule has 0 bridgehead atoms. The molecule has 0 saturated carbocycles. The number of amides is 1. The van der Waals surface area contributed by atoms with Gasteiger partial charge in [0.15, 0.2) is 0 Å². The molecule has 0 radical (unpaired) electrons. The largest absolute Gasteiger partial charge is 0.317 e. The number of hydrogen-bond acceptors (Lipinski definition) is 4. The molecule has 2 N–H and O–H groups in total. The summed E-state index contributed by atoms with van der Waals surface area (Å²) in [7, 11) is 1.79. The Kier molecular flexibility index (Phi) is 4.38. The first-order chi connectivity index (χ1) is 12.6. The van der Waals surface area contributed by atoms with Crippen molar-refractivity contribution in [1.29, 1.82) is 0 Å². The standard InChI is InChI=1S/C19H20FN5O/c1-25-11-15(10-23-25)16-6-13-8-18(22-9-14(13)7-17(16)20)24-19(26)12-2-4-21-5-3-12/h6-12,21H,2-5H2,1H3,(H,22,24,26). The van der Waals surface area contributed by atoms with Crippen LogP contribution in [0.5, 0.6) is 0 Å². The van der Waals surface area contributed by atoms with Gasteiger partial charge in [-0.3, -0.25) is 9.48 Å². The van der Waals surface area contributed by atoms with E-state index in [1.165, 1.54) is 6.07 Å². The van der Waals surface area contributed by atoms with Crippen LogP contribution < -0.4 is 10.6 Å². The van der Waals surface area contributed by atoms with Crippen molar-refractivity contribution < 1.29 is 9.18 Å². The number of pyridine rings is 1. The molecule has 1 saturated heterocycles. The Morgan fingerprint density at radius 2 is 2.04 bits per heavy atom. The fourth-order valence-corrected chi connectivity index (χ4v) is 3.33. The second kappa shape index (κ2) is 6.84. The monoisotopic (exact) mass is 353 g/mol. The van der Waals surface area contributed by atoms with Crippen LogP contribution in [-0.4, -0.2) is 33.8 Å². The van der Waals surface area contributed by atoms with E-state index in [1.807, 2.05) is 0 Å². The average molecular weight is 353 g/mol. The predicted molar refractivity (Wildman–Crippen MR) is 98.1 cm³/mol. The summed E-state index contributed by atoms with van der Waals surface area (Å²) in [5.74, 6) is 0.171. The predicted octanol–water partition coefficient (Wildman–Crippen LogP) is 2.71. The smallest absolute Gasteiger partial charge is 0.228 e. The molecule has 0 spiro atoms. The van der Waals surface area contributed by atoms with Gasteiger partial charge in [0.2, 0.25) is 5.91 Å². The van der Waals surface area contributed by atoms with Crippen molar-refractivity contribution in [2.45, 2.75) is 12.8 Å². The molecule has 1 aromatic carbocycles. The van der Waals surface area contributed by atoms with Gasteiger partial charge in [-0.25, -0.2) is 9.37 Å². The lowest BCUT2D eigenvalue weighted by atomic mass is 9.97. The highest BCUT2D eigenvalue weighted by Gasteiger charge is 2.21. The van der Waals surface area contributed by atoms with E-state index in [1.54, 1.807) is 42.5 Å². The molecule has 1 aliphatic heterocycles. The van der Waals surface area contributed by atoms with Crippen LogP contribution in [0.25, 0.3) is 21.9 Å². The van der Waals surface area contributed by atoms with Crippen LogP contribution in [0.15, 0.2) is 36.8 Å². The lowest BCUT2D eigenvalue weighted by Gasteiger charge is -2.21. The van der Waals surface area contributed by atoms with Gasteiger partial charge in [-0.05, 0) is 49.5 Å². The number of rotatable bonds is 3. The third kappa shape index (κ3) is 3.30. The summed E-state index contributed by atoms with van der Waals surface area (Å²) in [5.41, 5.74) is 1.19. The molecule has 3 aromatic rings. The highest BCUT2D eigenvalue weighted by atomic mass is 19.1. The van der Waals surface area contributed by atoms with Gasteiger partial charge in [-0.2, -0.15) is 5.10 Å². The Balaban J connectivity index is 1.63. The highest BCUT2D eigenvalue weighted by Crippen LogP contribution is 2.28. The number of halogens is 1. The molecular formula is C19H20FN5O. The molecular weight excluding hydrogens is 333 g/mol. The van der Waals surface area contributed by atoms with Crippen LogP contribution in [0.3, 0.4) is 0 Å². The fourth-order valence-electron chi connectivity index (χ4n) is 3.33. The van der Waals surface area contributed by atoms with Crippen molar-refractivity contribution in [2.75, 3.05) is 18.4 Å². The summed E-state index contributed by atoms with van der Waals surface area (Å²) in [6, 6.07) is 5.01. The van der Waals surface area contributed by atoms with Crippen molar-refractivity contribution in [1.82, 2.24) is 20.1 Å². The molecule has 4 rings (SSSR count). The number of piperidine rings is 1. The zero-order valence-corrected chi connectivity index (χ0v) is 14.5. The van der Waals surface area contributed by atoms with Crippen LogP contribution in [0.1, 0.15) is 12.8 Å². The number of nitrogens with one attached hydrogen (secondary N) is 2. The highest BCUT2D eigenvalue weighted by molar-refractivity contribution is 5.95. The van der Waals surface area contributed by atoms with Gasteiger partial charge in [-0.15, -0.1) is 0 Å². The van der Waals surface area contributed by atoms with Crippen molar-refractivity contribution in [3.8, 4) is 11.1 Å². The van der Waals surface area contributed by atoms with E-state index in [4.69, 9.17) is 0 Å². The Morgan fingerprint density at radius 1 is 1.23 bits per heavy atom. The Hall–Kier alpha value is -2.80. The average Bonchev–Trinajstić information content (AvgIpc) is 3.08. The quantitative estimate of drug-likeness (QED) is 0.759. The maximum absolute atomic E-state index is 14.4. The van der Waals surface area contributed by atoms with Gasteiger partial charge >= 0.3 is 0 Å². The number of fused-ring (bicyclic) bond motifs is 1. The third-order valence-corrected chi connectivity index (χ3v) is 4.78. The van der Waals surface area contributed by atoms with Crippen LogP contribution in [0, 0.1) is 11.7 Å². The van der Waals surface area contributed by atoms with Gasteiger partial charge in [0.05, 0.1) is 6.20 Å². The first-order valence-electron chi connectivity index (χ1n) is 8.70. The number of aromatic nitrogens is 3. The molecule has 1 aliphatic rings. The molecule has 3 heterocycles. The topological polar surface area (TPSA) is 71.8 Å². The minimum Gasteiger partial charge on any atom is -0.317 e. The first kappa shape index (κ1) is 16.7. The van der Waals surface area contributed by atoms with E-state index in [-0.39, 0.29) is 17.6 Å². The van der Waals surface area contributed by atoms with Crippen LogP contribution in [-0.2, 0) is 11.8 Å². The number of aryl methyl sites for hydroxylation is 1. The minimum atomic E-state index is -0.321. The van der Waals surface area contributed by atoms with E-state index in [0.29, 0.717) is 22.3 Å². The van der Waals surface area contributed by atoms with Crippen LogP contribution in [0.2, 0.25) is 0 Å². The first-order valence-corrected chi connectivity index (χ1v) is 8.70. The summed E-state index contributed by atoms with van der Waals surface area (Å²) < 4.78 is 16.1. The fraction of sp³-hybridized carbons (Fsp3) is 0.316. The zero-order chi connectivity index (χ0) is 18.1. The lowest BCUT2D eigenvalue weighted by Crippen LogP contribution is -2.34. The molecule has 6 nitrogen and oxygen atoms in total. The summed E-state index contributed by atoms with van der Waals surface area (Å²) in [6.07, 6.45) is 6.64. The zero-order valence-electron chi connectivity index (χ0n) is 14.5. The molecule has 0 aliphatic carbocycles. The van der Waals surface area contributed by atoms with Gasteiger partial charge in [0.1, 0.15) is 11.6 Å². The summed E-state index contributed by atoms with van der Waals surface area (Å²) in [6.45, 7) is 1.72. The van der Waals surface area contributed by atoms with E-state index >= 15 is 0 Å². The lowest BCUT2D eigenvalue weighted by molar-refractivity contribution is -0.120. The van der Waals surface area contributed by atoms with Crippen molar-refractivity contribution in [3.05, 3.63) is 42.6 Å². The molecule has 2 aromatic heterocycles. The minimum absolute atomic E-state index is 0.00653. The Labute approximate surface area is 150 Å². The van der Waals surface area contributed by atoms with Gasteiger partial charge < -0.3 is 10.6 Å². The SMILES string of the molecule is Cn1cc(-c2cc3cc(NC(=O)C4CCNCC4)ncc3cc2F)cn1. The molecule has 1 amide bonds. The Bertz CT molecular complexity index is 962. The van der Waals surface area contributed by atoms with Crippen molar-refractivity contribution in [3.63, 3.8) is 0 Å².